The fourth-order valence-corrected chi connectivity index (χ4v) is 1.87. The van der Waals surface area contributed by atoms with Crippen LogP contribution in [0.25, 0.3) is 0 Å². The number of nitrogens with one attached hydrogen (secondary N) is 2. The summed E-state index contributed by atoms with van der Waals surface area (Å²) in [7, 11) is 0. The number of nitrogens with zero attached hydrogens (tertiary/aromatic N) is 1. The number of aliphatic hydroxyl groups is 1. The lowest BCUT2D eigenvalue weighted by Gasteiger charge is -2.13. The highest BCUT2D eigenvalue weighted by molar-refractivity contribution is 5.93. The van der Waals surface area contributed by atoms with Crippen LogP contribution in [0.1, 0.15) is 30.3 Å². The lowest BCUT2D eigenvalue weighted by molar-refractivity contribution is 0.0386. The van der Waals surface area contributed by atoms with Crippen molar-refractivity contribution in [3.8, 4) is 0 Å². The summed E-state index contributed by atoms with van der Waals surface area (Å²) in [5, 5.41) is 15.6. The third kappa shape index (κ3) is 5.69. The Morgan fingerprint density at radius 3 is 3.10 bits per heavy atom. The van der Waals surface area contributed by atoms with E-state index in [2.05, 4.69) is 15.6 Å². The lowest BCUT2D eigenvalue weighted by Crippen LogP contribution is -2.26. The van der Waals surface area contributed by atoms with Crippen molar-refractivity contribution in [2.24, 2.45) is 5.92 Å². The summed E-state index contributed by atoms with van der Waals surface area (Å²) in [5.41, 5.74) is 1.12. The Morgan fingerprint density at radius 2 is 2.38 bits per heavy atom. The van der Waals surface area contributed by atoms with Gasteiger partial charge in [0.15, 0.2) is 0 Å². The van der Waals surface area contributed by atoms with Gasteiger partial charge in [0.1, 0.15) is 5.69 Å². The fourth-order valence-electron chi connectivity index (χ4n) is 1.87. The molecule has 1 atom stereocenters. The predicted molar refractivity (Wildman–Crippen MR) is 80.3 cm³/mol. The number of pyridine rings is 1. The van der Waals surface area contributed by atoms with E-state index in [9.17, 15) is 9.90 Å². The number of aromatic nitrogens is 1. The summed E-state index contributed by atoms with van der Waals surface area (Å²) in [6.45, 7) is 3.88. The van der Waals surface area contributed by atoms with Gasteiger partial charge in [-0.3, -0.25) is 9.78 Å². The first-order valence-corrected chi connectivity index (χ1v) is 7.43. The Balaban J connectivity index is 1.73. The third-order valence-electron chi connectivity index (χ3n) is 3.23. The quantitative estimate of drug-likeness (QED) is 0.633. The maximum absolute atomic E-state index is 11.7. The standard InChI is InChI=1S/C15H23N3O3/c1-2-16-15(20)14-7-12(5-6-17-14)18-8-13(19)10-21-9-11-3-4-11/h5-7,11,13,19H,2-4,8-10H2,1H3,(H,16,20)(H,17,18). The van der Waals surface area contributed by atoms with Crippen molar-refractivity contribution in [3.05, 3.63) is 24.0 Å². The molecular formula is C15H23N3O3. The van der Waals surface area contributed by atoms with Crippen LogP contribution in [0.4, 0.5) is 5.69 Å². The fraction of sp³-hybridized carbons (Fsp3) is 0.600. The zero-order valence-electron chi connectivity index (χ0n) is 12.3. The smallest absolute Gasteiger partial charge is 0.269 e. The van der Waals surface area contributed by atoms with Crippen molar-refractivity contribution in [3.63, 3.8) is 0 Å². The first kappa shape index (κ1) is 15.7. The molecule has 1 fully saturated rings. The largest absolute Gasteiger partial charge is 0.389 e. The van der Waals surface area contributed by atoms with Gasteiger partial charge in [-0.25, -0.2) is 0 Å². The Labute approximate surface area is 124 Å². The molecule has 0 saturated heterocycles. The van der Waals surface area contributed by atoms with Crippen molar-refractivity contribution in [2.75, 3.05) is 31.6 Å². The van der Waals surface area contributed by atoms with Crippen LogP contribution in [-0.4, -0.2) is 48.4 Å². The van der Waals surface area contributed by atoms with Crippen molar-refractivity contribution in [1.82, 2.24) is 10.3 Å². The molecule has 1 saturated carbocycles. The molecule has 3 N–H and O–H groups in total. The Hall–Kier alpha value is -1.66. The van der Waals surface area contributed by atoms with Gasteiger partial charge in [0.25, 0.3) is 5.91 Å². The molecule has 2 rings (SSSR count). The predicted octanol–water partition coefficient (Wildman–Crippen LogP) is 1.03. The molecule has 0 spiro atoms. The van der Waals surface area contributed by atoms with Gasteiger partial charge in [-0.1, -0.05) is 0 Å². The van der Waals surface area contributed by atoms with E-state index in [1.165, 1.54) is 12.8 Å². The molecule has 6 heteroatoms. The number of hydrogen-bond acceptors (Lipinski definition) is 5. The molecule has 0 aliphatic heterocycles. The number of hydrogen-bond donors (Lipinski definition) is 3. The highest BCUT2D eigenvalue weighted by Crippen LogP contribution is 2.28. The molecular weight excluding hydrogens is 270 g/mol. The highest BCUT2D eigenvalue weighted by atomic mass is 16.5. The van der Waals surface area contributed by atoms with Crippen LogP contribution in [-0.2, 0) is 4.74 Å². The normalized spacial score (nSPS) is 15.5. The maximum atomic E-state index is 11.7. The SMILES string of the molecule is CCNC(=O)c1cc(NCC(O)COCC2CC2)ccn1. The molecule has 1 aromatic rings. The molecule has 1 amide bonds. The number of aliphatic hydroxyl groups excluding tert-OH is 1. The number of carbonyl (C=O) groups excluding carboxylic acids is 1. The average Bonchev–Trinajstić information content (AvgIpc) is 3.30. The van der Waals surface area contributed by atoms with Crippen LogP contribution in [0, 0.1) is 5.92 Å². The van der Waals surface area contributed by atoms with Gasteiger partial charge in [-0.15, -0.1) is 0 Å². The summed E-state index contributed by atoms with van der Waals surface area (Å²) in [6, 6.07) is 3.43. The van der Waals surface area contributed by atoms with Crippen LogP contribution in [0.3, 0.4) is 0 Å². The Morgan fingerprint density at radius 1 is 1.57 bits per heavy atom. The van der Waals surface area contributed by atoms with Gasteiger partial charge in [-0.05, 0) is 37.8 Å². The number of amides is 1. The molecule has 1 aliphatic rings. The second kappa shape index (κ2) is 7.95. The molecule has 1 aliphatic carbocycles. The molecule has 0 bridgehead atoms. The molecule has 116 valence electrons. The zero-order valence-corrected chi connectivity index (χ0v) is 12.3. The summed E-state index contributed by atoms with van der Waals surface area (Å²) in [4.78, 5) is 15.7. The number of anilines is 1. The lowest BCUT2D eigenvalue weighted by atomic mass is 10.3. The average molecular weight is 293 g/mol. The van der Waals surface area contributed by atoms with E-state index in [1.54, 1.807) is 18.3 Å². The second-order valence-electron chi connectivity index (χ2n) is 5.30. The van der Waals surface area contributed by atoms with E-state index in [0.717, 1.165) is 12.3 Å². The number of ether oxygens (including phenoxy) is 1. The first-order valence-electron chi connectivity index (χ1n) is 7.43. The second-order valence-corrected chi connectivity index (χ2v) is 5.30. The molecule has 0 aromatic carbocycles. The van der Waals surface area contributed by atoms with Crippen LogP contribution in [0.15, 0.2) is 18.3 Å². The summed E-state index contributed by atoms with van der Waals surface area (Å²) < 4.78 is 5.44. The van der Waals surface area contributed by atoms with E-state index in [-0.39, 0.29) is 5.91 Å². The van der Waals surface area contributed by atoms with Crippen molar-refractivity contribution in [2.45, 2.75) is 25.9 Å². The number of rotatable bonds is 9. The monoisotopic (exact) mass is 293 g/mol. The van der Waals surface area contributed by atoms with Crippen LogP contribution < -0.4 is 10.6 Å². The minimum absolute atomic E-state index is 0.200. The molecule has 6 nitrogen and oxygen atoms in total. The molecule has 1 heterocycles. The van der Waals surface area contributed by atoms with Crippen molar-refractivity contribution in [1.29, 1.82) is 0 Å². The topological polar surface area (TPSA) is 83.5 Å². The zero-order chi connectivity index (χ0) is 15.1. The van der Waals surface area contributed by atoms with Crippen molar-refractivity contribution >= 4 is 11.6 Å². The molecule has 21 heavy (non-hydrogen) atoms. The Bertz CT molecular complexity index is 463. The van der Waals surface area contributed by atoms with Gasteiger partial charge in [0, 0.05) is 31.6 Å². The van der Waals surface area contributed by atoms with Gasteiger partial charge in [0.2, 0.25) is 0 Å². The number of carbonyl (C=O) groups is 1. The molecule has 0 radical (unpaired) electrons. The van der Waals surface area contributed by atoms with Gasteiger partial charge in [-0.2, -0.15) is 0 Å². The molecule has 1 aromatic heterocycles. The van der Waals surface area contributed by atoms with Gasteiger partial charge < -0.3 is 20.5 Å². The Kier molecular flexibility index (Phi) is 5.95. The highest BCUT2D eigenvalue weighted by Gasteiger charge is 2.21. The summed E-state index contributed by atoms with van der Waals surface area (Å²) >= 11 is 0. The van der Waals surface area contributed by atoms with E-state index in [0.29, 0.717) is 31.3 Å². The van der Waals surface area contributed by atoms with E-state index in [4.69, 9.17) is 4.74 Å². The minimum atomic E-state index is -0.565. The van der Waals surface area contributed by atoms with Crippen LogP contribution in [0.5, 0.6) is 0 Å². The van der Waals surface area contributed by atoms with Crippen LogP contribution in [0.2, 0.25) is 0 Å². The first-order chi connectivity index (χ1) is 10.2. The van der Waals surface area contributed by atoms with E-state index in [1.807, 2.05) is 6.92 Å². The third-order valence-corrected chi connectivity index (χ3v) is 3.23. The summed E-state index contributed by atoms with van der Waals surface area (Å²) in [5.74, 6) is 0.499. The maximum Gasteiger partial charge on any atom is 0.269 e. The van der Waals surface area contributed by atoms with Crippen molar-refractivity contribution < 1.29 is 14.6 Å². The summed E-state index contributed by atoms with van der Waals surface area (Å²) in [6.07, 6.45) is 3.50. The minimum Gasteiger partial charge on any atom is -0.389 e. The van der Waals surface area contributed by atoms with Gasteiger partial charge >= 0.3 is 0 Å². The van der Waals surface area contributed by atoms with E-state index >= 15 is 0 Å². The van der Waals surface area contributed by atoms with Gasteiger partial charge in [0.05, 0.1) is 12.7 Å². The van der Waals surface area contributed by atoms with Crippen LogP contribution >= 0.6 is 0 Å². The molecule has 1 unspecified atom stereocenters. The van der Waals surface area contributed by atoms with E-state index < -0.39 is 6.10 Å².